The number of piperazine rings is 1. The lowest BCUT2D eigenvalue weighted by Gasteiger charge is -2.41. The first-order valence-electron chi connectivity index (χ1n) is 18.0. The SMILES string of the molecule is C=C/C(=C(C)\C=C\C)C1(Cn2cncn2)OCC(C)O1.C=C/C(=C\C=C\N1CCN(C2CCC(n3cnn(C(C)CC)c3=O)CC2)CC1)OC. The normalized spacial score (nSPS) is 26.1. The number of ether oxygens (including phenoxy) is 3. The minimum absolute atomic E-state index is 0.0341. The summed E-state index contributed by atoms with van der Waals surface area (Å²) in [6.45, 7) is 23.1. The molecule has 12 heteroatoms. The van der Waals surface area contributed by atoms with Crippen molar-refractivity contribution in [1.82, 2.24) is 38.9 Å². The van der Waals surface area contributed by atoms with E-state index in [1.54, 1.807) is 41.3 Å². The summed E-state index contributed by atoms with van der Waals surface area (Å²) in [5, 5.41) is 8.49. The van der Waals surface area contributed by atoms with Crippen molar-refractivity contribution in [2.45, 2.75) is 103 Å². The Morgan fingerprint density at radius 1 is 1.10 bits per heavy atom. The highest BCUT2D eigenvalue weighted by atomic mass is 16.7. The summed E-state index contributed by atoms with van der Waals surface area (Å²) in [5.74, 6) is -0.0752. The number of rotatable bonds is 13. The van der Waals surface area contributed by atoms with Gasteiger partial charge in [-0.05, 0) is 89.8 Å². The smallest absolute Gasteiger partial charge is 0.346 e. The molecule has 0 aromatic carbocycles. The van der Waals surface area contributed by atoms with Gasteiger partial charge >= 0.3 is 5.69 Å². The summed E-state index contributed by atoms with van der Waals surface area (Å²) in [4.78, 5) is 21.6. The summed E-state index contributed by atoms with van der Waals surface area (Å²) in [5.41, 5.74) is 2.04. The molecule has 0 spiro atoms. The summed E-state index contributed by atoms with van der Waals surface area (Å²) >= 11 is 0. The molecule has 2 saturated heterocycles. The maximum absolute atomic E-state index is 12.7. The van der Waals surface area contributed by atoms with Crippen LogP contribution in [0.2, 0.25) is 0 Å². The molecule has 12 nitrogen and oxygen atoms in total. The van der Waals surface area contributed by atoms with Gasteiger partial charge in [0, 0.05) is 43.8 Å². The van der Waals surface area contributed by atoms with Crippen LogP contribution in [0.4, 0.5) is 0 Å². The highest BCUT2D eigenvalue weighted by Gasteiger charge is 2.44. The molecular weight excluding hydrogens is 632 g/mol. The lowest BCUT2D eigenvalue weighted by molar-refractivity contribution is -0.145. The summed E-state index contributed by atoms with van der Waals surface area (Å²) in [7, 11) is 1.66. The van der Waals surface area contributed by atoms with E-state index in [1.807, 2.05) is 49.6 Å². The molecular formula is C38H58N8O4. The Bertz CT molecular complexity index is 1540. The predicted molar refractivity (Wildman–Crippen MR) is 197 cm³/mol. The van der Waals surface area contributed by atoms with Crippen molar-refractivity contribution in [2.75, 3.05) is 39.9 Å². The number of hydrogen-bond donors (Lipinski definition) is 0. The molecule has 274 valence electrons. The number of nitrogens with zero attached hydrogens (tertiary/aromatic N) is 8. The van der Waals surface area contributed by atoms with Crippen molar-refractivity contribution in [2.24, 2.45) is 0 Å². The van der Waals surface area contributed by atoms with E-state index >= 15 is 0 Å². The average molecular weight is 691 g/mol. The molecule has 2 aliphatic heterocycles. The highest BCUT2D eigenvalue weighted by Crippen LogP contribution is 2.35. The molecule has 0 N–H and O–H groups in total. The van der Waals surface area contributed by atoms with Crippen molar-refractivity contribution >= 4 is 0 Å². The summed E-state index contributed by atoms with van der Waals surface area (Å²) in [6.07, 6.45) is 23.9. The zero-order chi connectivity index (χ0) is 36.1. The van der Waals surface area contributed by atoms with Crippen LogP contribution in [0.5, 0.6) is 0 Å². The van der Waals surface area contributed by atoms with E-state index in [0.717, 1.165) is 75.2 Å². The Labute approximate surface area is 298 Å². The number of allylic oxidation sites excluding steroid dienone is 6. The molecule has 1 aliphatic carbocycles. The Hall–Kier alpha value is -4.00. The van der Waals surface area contributed by atoms with Crippen LogP contribution in [0.25, 0.3) is 0 Å². The van der Waals surface area contributed by atoms with E-state index in [9.17, 15) is 4.79 Å². The van der Waals surface area contributed by atoms with Gasteiger partial charge in [0.25, 0.3) is 0 Å². The monoisotopic (exact) mass is 690 g/mol. The first-order valence-corrected chi connectivity index (χ1v) is 18.0. The molecule has 4 heterocycles. The summed E-state index contributed by atoms with van der Waals surface area (Å²) in [6, 6.07) is 1.09. The van der Waals surface area contributed by atoms with Gasteiger partial charge in [-0.1, -0.05) is 38.3 Å². The van der Waals surface area contributed by atoms with Crippen LogP contribution >= 0.6 is 0 Å². The van der Waals surface area contributed by atoms with Gasteiger partial charge in [0.1, 0.15) is 31.3 Å². The van der Waals surface area contributed by atoms with Gasteiger partial charge in [-0.15, -0.1) is 0 Å². The van der Waals surface area contributed by atoms with Gasteiger partial charge in [-0.3, -0.25) is 9.47 Å². The minimum Gasteiger partial charge on any atom is -0.497 e. The first-order chi connectivity index (χ1) is 24.2. The molecule has 0 bridgehead atoms. The van der Waals surface area contributed by atoms with Crippen molar-refractivity contribution < 1.29 is 14.2 Å². The molecule has 3 unspecified atom stereocenters. The molecule has 1 saturated carbocycles. The van der Waals surface area contributed by atoms with Crippen LogP contribution in [-0.4, -0.2) is 96.7 Å². The van der Waals surface area contributed by atoms with E-state index < -0.39 is 5.79 Å². The maximum atomic E-state index is 12.7. The van der Waals surface area contributed by atoms with E-state index in [1.165, 1.54) is 6.33 Å². The molecule has 3 aliphatic rings. The molecule has 2 aromatic rings. The Morgan fingerprint density at radius 2 is 1.82 bits per heavy atom. The van der Waals surface area contributed by atoms with Crippen molar-refractivity contribution in [3.05, 3.63) is 102 Å². The van der Waals surface area contributed by atoms with Gasteiger partial charge in [-0.25, -0.2) is 19.1 Å². The van der Waals surface area contributed by atoms with E-state index in [2.05, 4.69) is 58.2 Å². The second-order valence-corrected chi connectivity index (χ2v) is 13.3. The lowest BCUT2D eigenvalue weighted by atomic mass is 9.89. The van der Waals surface area contributed by atoms with Crippen LogP contribution in [0.1, 0.15) is 78.8 Å². The van der Waals surface area contributed by atoms with Crippen molar-refractivity contribution in [3.63, 3.8) is 0 Å². The Balaban J connectivity index is 0.000000244. The molecule has 3 atom stereocenters. The topological polar surface area (TPSA) is 105 Å². The minimum atomic E-state index is -0.849. The quantitative estimate of drug-likeness (QED) is 0.190. The second kappa shape index (κ2) is 18.8. The maximum Gasteiger partial charge on any atom is 0.346 e. The third kappa shape index (κ3) is 9.82. The van der Waals surface area contributed by atoms with Crippen LogP contribution in [-0.2, 0) is 20.8 Å². The fourth-order valence-electron chi connectivity index (χ4n) is 6.92. The fourth-order valence-corrected chi connectivity index (χ4v) is 6.92. The van der Waals surface area contributed by atoms with E-state index in [-0.39, 0.29) is 17.8 Å². The van der Waals surface area contributed by atoms with Crippen LogP contribution < -0.4 is 5.69 Å². The lowest BCUT2D eigenvalue weighted by Crippen LogP contribution is -2.49. The van der Waals surface area contributed by atoms with Crippen molar-refractivity contribution in [1.29, 1.82) is 0 Å². The van der Waals surface area contributed by atoms with Crippen molar-refractivity contribution in [3.8, 4) is 0 Å². The van der Waals surface area contributed by atoms with Crippen LogP contribution in [0.3, 0.4) is 0 Å². The number of methoxy groups -OCH3 is 1. The molecule has 0 amide bonds. The standard InChI is InChI=1S/C23H37N5O2.C15H21N3O2/c1-5-19(3)28-23(29)27(18-24-28)21-11-9-20(10-12-21)26-16-14-25(15-17-26)13-7-8-22(6-2)30-4;1-5-7-12(3)14(6-2)15(19-8-13(4)20-15)9-18-11-16-10-17-18/h6-8,13,18-21H,2,5,9-12,14-17H2,1,3-4H3;5-7,10-11,13H,2,8-9H2,1,3-4H3/b13-7+,22-8+;7-5+,14-12+. The fraction of sp³-hybridized carbons (Fsp3) is 0.579. The summed E-state index contributed by atoms with van der Waals surface area (Å²) < 4.78 is 22.5. The molecule has 0 radical (unpaired) electrons. The zero-order valence-electron chi connectivity index (χ0n) is 31.0. The predicted octanol–water partition coefficient (Wildman–Crippen LogP) is 5.84. The number of hydrogen-bond acceptors (Lipinski definition) is 9. The van der Waals surface area contributed by atoms with Gasteiger partial charge in [0.05, 0.1) is 25.9 Å². The third-order valence-corrected chi connectivity index (χ3v) is 9.88. The zero-order valence-corrected chi connectivity index (χ0v) is 31.0. The van der Waals surface area contributed by atoms with E-state index in [0.29, 0.717) is 25.2 Å². The van der Waals surface area contributed by atoms with E-state index in [4.69, 9.17) is 14.2 Å². The van der Waals surface area contributed by atoms with Crippen LogP contribution in [0.15, 0.2) is 96.5 Å². The largest absolute Gasteiger partial charge is 0.497 e. The first kappa shape index (κ1) is 38.8. The number of aromatic nitrogens is 6. The Morgan fingerprint density at radius 3 is 2.38 bits per heavy atom. The highest BCUT2D eigenvalue weighted by molar-refractivity contribution is 5.36. The Kier molecular flexibility index (Phi) is 14.6. The van der Waals surface area contributed by atoms with Gasteiger partial charge < -0.3 is 19.1 Å². The molecule has 50 heavy (non-hydrogen) atoms. The molecule has 2 aromatic heterocycles. The molecule has 3 fully saturated rings. The van der Waals surface area contributed by atoms with Crippen LogP contribution in [0, 0.1) is 0 Å². The van der Waals surface area contributed by atoms with Gasteiger partial charge in [-0.2, -0.15) is 10.2 Å². The van der Waals surface area contributed by atoms with Gasteiger partial charge in [0.2, 0.25) is 5.79 Å². The third-order valence-electron chi connectivity index (χ3n) is 9.88. The van der Waals surface area contributed by atoms with Gasteiger partial charge in [0.15, 0.2) is 0 Å². The average Bonchev–Trinajstić information content (AvgIpc) is 3.88. The molecule has 5 rings (SSSR count). The second-order valence-electron chi connectivity index (χ2n) is 13.3.